The van der Waals surface area contributed by atoms with Crippen LogP contribution in [-0.2, 0) is 0 Å². The van der Waals surface area contributed by atoms with Crippen LogP contribution in [0.3, 0.4) is 0 Å². The van der Waals surface area contributed by atoms with E-state index in [9.17, 15) is 4.39 Å². The zero-order chi connectivity index (χ0) is 10.8. The number of halogens is 1. The molecule has 2 N–H and O–H groups in total. The van der Waals surface area contributed by atoms with Crippen molar-refractivity contribution < 1.29 is 4.39 Å². The molecular weight excluding hydrogens is 195 g/mol. The van der Waals surface area contributed by atoms with Crippen LogP contribution in [0.1, 0.15) is 5.69 Å². The lowest BCUT2D eigenvalue weighted by Crippen LogP contribution is -2.02. The molecule has 0 atom stereocenters. The van der Waals surface area contributed by atoms with Gasteiger partial charge in [0.05, 0.1) is 5.69 Å². The minimum Gasteiger partial charge on any atom is -0.381 e. The third-order valence-electron chi connectivity index (χ3n) is 1.98. The first-order valence-electron chi connectivity index (χ1n) is 4.38. The number of anilines is 1. The van der Waals surface area contributed by atoms with E-state index in [0.717, 1.165) is 5.56 Å². The molecule has 0 unspecified atom stereocenters. The van der Waals surface area contributed by atoms with Gasteiger partial charge in [-0.15, -0.1) is 0 Å². The molecule has 0 aromatic carbocycles. The van der Waals surface area contributed by atoms with Crippen LogP contribution in [0.5, 0.6) is 0 Å². The second-order valence-electron chi connectivity index (χ2n) is 3.07. The van der Waals surface area contributed by atoms with Crippen molar-refractivity contribution in [1.82, 2.24) is 15.0 Å². The lowest BCUT2D eigenvalue weighted by atomic mass is 10.2. The summed E-state index contributed by atoms with van der Waals surface area (Å²) in [6.07, 6.45) is 3.24. The van der Waals surface area contributed by atoms with Gasteiger partial charge in [0, 0.05) is 18.0 Å². The van der Waals surface area contributed by atoms with E-state index in [-0.39, 0.29) is 11.5 Å². The highest BCUT2D eigenvalue weighted by Gasteiger charge is 2.09. The highest BCUT2D eigenvalue weighted by Crippen LogP contribution is 2.18. The number of nitrogens with two attached hydrogens (primary N) is 1. The third-order valence-corrected chi connectivity index (χ3v) is 1.98. The third kappa shape index (κ3) is 1.76. The number of aromatic nitrogens is 3. The molecular formula is C10H9FN4. The molecule has 0 radical (unpaired) electrons. The van der Waals surface area contributed by atoms with Crippen molar-refractivity contribution in [2.75, 3.05) is 5.73 Å². The van der Waals surface area contributed by atoms with Crippen LogP contribution in [0.15, 0.2) is 24.5 Å². The number of aryl methyl sites for hydroxylation is 1. The Kier molecular flexibility index (Phi) is 2.29. The van der Waals surface area contributed by atoms with E-state index in [0.29, 0.717) is 5.82 Å². The minimum absolute atomic E-state index is 0.130. The summed E-state index contributed by atoms with van der Waals surface area (Å²) >= 11 is 0. The molecule has 0 aliphatic heterocycles. The van der Waals surface area contributed by atoms with Crippen LogP contribution in [0.4, 0.5) is 10.2 Å². The van der Waals surface area contributed by atoms with Gasteiger partial charge in [-0.05, 0) is 19.1 Å². The summed E-state index contributed by atoms with van der Waals surface area (Å²) in [5.74, 6) is -0.282. The topological polar surface area (TPSA) is 64.7 Å². The number of rotatable bonds is 1. The number of pyridine rings is 1. The molecule has 0 amide bonds. The van der Waals surface area contributed by atoms with Crippen LogP contribution >= 0.6 is 0 Å². The first-order chi connectivity index (χ1) is 7.18. The van der Waals surface area contributed by atoms with Gasteiger partial charge in [0.2, 0.25) is 0 Å². The van der Waals surface area contributed by atoms with E-state index in [1.807, 2.05) is 0 Å². The Morgan fingerprint density at radius 3 is 2.47 bits per heavy atom. The Balaban J connectivity index is 2.56. The molecule has 5 heteroatoms. The average molecular weight is 204 g/mol. The van der Waals surface area contributed by atoms with Gasteiger partial charge < -0.3 is 5.73 Å². The highest BCUT2D eigenvalue weighted by atomic mass is 19.1. The van der Waals surface area contributed by atoms with E-state index in [4.69, 9.17) is 5.73 Å². The van der Waals surface area contributed by atoms with Gasteiger partial charge in [0.1, 0.15) is 0 Å². The lowest BCUT2D eigenvalue weighted by Gasteiger charge is -2.03. The summed E-state index contributed by atoms with van der Waals surface area (Å²) in [5, 5.41) is 0. The first-order valence-corrected chi connectivity index (χ1v) is 4.38. The Morgan fingerprint density at radius 1 is 1.20 bits per heavy atom. The van der Waals surface area contributed by atoms with Crippen molar-refractivity contribution in [3.63, 3.8) is 0 Å². The highest BCUT2D eigenvalue weighted by molar-refractivity contribution is 5.56. The fourth-order valence-electron chi connectivity index (χ4n) is 1.21. The molecule has 2 aromatic rings. The molecule has 2 aromatic heterocycles. The van der Waals surface area contributed by atoms with Crippen molar-refractivity contribution in [2.24, 2.45) is 0 Å². The Labute approximate surface area is 86.0 Å². The zero-order valence-electron chi connectivity index (χ0n) is 8.11. The number of hydrogen-bond donors (Lipinski definition) is 1. The van der Waals surface area contributed by atoms with Gasteiger partial charge in [0.15, 0.2) is 17.5 Å². The smallest absolute Gasteiger partial charge is 0.186 e. The summed E-state index contributed by atoms with van der Waals surface area (Å²) in [6.45, 7) is 1.55. The van der Waals surface area contributed by atoms with Gasteiger partial charge in [-0.1, -0.05) is 0 Å². The summed E-state index contributed by atoms with van der Waals surface area (Å²) in [4.78, 5) is 11.8. The molecule has 0 saturated carbocycles. The molecule has 15 heavy (non-hydrogen) atoms. The average Bonchev–Trinajstić information content (AvgIpc) is 2.26. The van der Waals surface area contributed by atoms with Crippen molar-refractivity contribution in [1.29, 1.82) is 0 Å². The molecule has 0 bridgehead atoms. The fourth-order valence-corrected chi connectivity index (χ4v) is 1.21. The monoisotopic (exact) mass is 204 g/mol. The van der Waals surface area contributed by atoms with Gasteiger partial charge in [0.25, 0.3) is 0 Å². The summed E-state index contributed by atoms with van der Waals surface area (Å²) < 4.78 is 13.2. The fraction of sp³-hybridized carbons (Fsp3) is 0.100. The van der Waals surface area contributed by atoms with E-state index < -0.39 is 5.82 Å². The van der Waals surface area contributed by atoms with E-state index >= 15 is 0 Å². The van der Waals surface area contributed by atoms with Crippen LogP contribution in [-0.4, -0.2) is 15.0 Å². The molecule has 4 nitrogen and oxygen atoms in total. The van der Waals surface area contributed by atoms with Crippen LogP contribution < -0.4 is 5.73 Å². The zero-order valence-corrected chi connectivity index (χ0v) is 8.11. The predicted molar refractivity (Wildman–Crippen MR) is 54.4 cm³/mol. The molecule has 2 rings (SSSR count). The maximum Gasteiger partial charge on any atom is 0.186 e. The second-order valence-corrected chi connectivity index (χ2v) is 3.07. The largest absolute Gasteiger partial charge is 0.381 e. The second kappa shape index (κ2) is 3.61. The summed E-state index contributed by atoms with van der Waals surface area (Å²) in [5.41, 5.74) is 6.43. The van der Waals surface area contributed by atoms with Gasteiger partial charge in [-0.25, -0.2) is 14.4 Å². The van der Waals surface area contributed by atoms with E-state index in [1.165, 1.54) is 0 Å². The Hall–Kier alpha value is -2.04. The van der Waals surface area contributed by atoms with Crippen molar-refractivity contribution in [2.45, 2.75) is 6.92 Å². The van der Waals surface area contributed by atoms with Gasteiger partial charge in [-0.3, -0.25) is 4.98 Å². The first kappa shape index (κ1) is 9.51. The molecule has 2 heterocycles. The SMILES string of the molecule is Cc1nc(-c2ccncc2)nc(N)c1F. The van der Waals surface area contributed by atoms with Gasteiger partial charge >= 0.3 is 0 Å². The number of nitrogens with zero attached hydrogens (tertiary/aromatic N) is 3. The van der Waals surface area contributed by atoms with Crippen molar-refractivity contribution in [3.8, 4) is 11.4 Å². The minimum atomic E-state index is -0.562. The molecule has 0 aliphatic rings. The summed E-state index contributed by atoms with van der Waals surface area (Å²) in [7, 11) is 0. The van der Waals surface area contributed by atoms with E-state index in [1.54, 1.807) is 31.5 Å². The van der Waals surface area contributed by atoms with Crippen LogP contribution in [0, 0.1) is 12.7 Å². The Morgan fingerprint density at radius 2 is 1.87 bits per heavy atom. The lowest BCUT2D eigenvalue weighted by molar-refractivity contribution is 0.608. The molecule has 0 saturated heterocycles. The Bertz CT molecular complexity index is 461. The standard InChI is InChI=1S/C10H9FN4/c1-6-8(11)9(12)15-10(14-6)7-2-4-13-5-3-7/h2-5H,1H3,(H2,12,14,15). The van der Waals surface area contributed by atoms with Crippen molar-refractivity contribution >= 4 is 5.82 Å². The van der Waals surface area contributed by atoms with Crippen molar-refractivity contribution in [3.05, 3.63) is 36.0 Å². The number of hydrogen-bond acceptors (Lipinski definition) is 4. The van der Waals surface area contributed by atoms with E-state index in [2.05, 4.69) is 15.0 Å². The molecule has 0 spiro atoms. The molecule has 0 fully saturated rings. The quantitative estimate of drug-likeness (QED) is 0.765. The predicted octanol–water partition coefficient (Wildman–Crippen LogP) is 1.57. The molecule has 76 valence electrons. The normalized spacial score (nSPS) is 10.3. The van der Waals surface area contributed by atoms with Crippen LogP contribution in [0.25, 0.3) is 11.4 Å². The maximum atomic E-state index is 13.2. The van der Waals surface area contributed by atoms with Crippen LogP contribution in [0.2, 0.25) is 0 Å². The maximum absolute atomic E-state index is 13.2. The summed E-state index contributed by atoms with van der Waals surface area (Å²) in [6, 6.07) is 3.48. The number of nitrogen functional groups attached to an aromatic ring is 1. The van der Waals surface area contributed by atoms with Gasteiger partial charge in [-0.2, -0.15) is 0 Å². The molecule has 0 aliphatic carbocycles.